The van der Waals surface area contributed by atoms with Crippen LogP contribution < -0.4 is 9.46 Å². The van der Waals surface area contributed by atoms with Crippen LogP contribution in [0.25, 0.3) is 0 Å². The van der Waals surface area contributed by atoms with Gasteiger partial charge in [-0.15, -0.1) is 0 Å². The van der Waals surface area contributed by atoms with E-state index in [1.807, 2.05) is 11.6 Å². The fourth-order valence-corrected chi connectivity index (χ4v) is 2.61. The quantitative estimate of drug-likeness (QED) is 0.798. The van der Waals surface area contributed by atoms with Crippen molar-refractivity contribution < 1.29 is 23.1 Å². The van der Waals surface area contributed by atoms with Crippen LogP contribution in [0.5, 0.6) is 5.75 Å². The molecule has 1 aromatic rings. The summed E-state index contributed by atoms with van der Waals surface area (Å²) in [5.74, 6) is -0.658. The van der Waals surface area contributed by atoms with Gasteiger partial charge in [0.25, 0.3) is 0 Å². The van der Waals surface area contributed by atoms with Crippen molar-refractivity contribution in [2.24, 2.45) is 0 Å². The number of carboxylic acids is 1. The zero-order valence-electron chi connectivity index (χ0n) is 10.1. The maximum Gasteiger partial charge on any atom is 0.318 e. The molecule has 0 radical (unpaired) electrons. The minimum Gasteiger partial charge on any atom is -0.494 e. The molecule has 0 aliphatic carbocycles. The molecule has 100 valence electrons. The molecule has 1 aromatic carbocycles. The highest BCUT2D eigenvalue weighted by molar-refractivity contribution is 7.89. The normalized spacial score (nSPS) is 11.2. The molecule has 0 bridgehead atoms. The predicted octanol–water partition coefficient (Wildman–Crippen LogP) is 0.757. The molecule has 7 heteroatoms. The van der Waals surface area contributed by atoms with Crippen LogP contribution in [0.3, 0.4) is 0 Å². The Morgan fingerprint density at radius 1 is 1.44 bits per heavy atom. The SMILES string of the molecule is CCOc1ccc(S(=O)(=O)NCC(=O)O)c(C)c1. The molecular weight excluding hydrogens is 258 g/mol. The molecule has 0 atom stereocenters. The lowest BCUT2D eigenvalue weighted by molar-refractivity contribution is -0.135. The summed E-state index contributed by atoms with van der Waals surface area (Å²) >= 11 is 0. The zero-order valence-corrected chi connectivity index (χ0v) is 11.0. The van der Waals surface area contributed by atoms with E-state index in [9.17, 15) is 13.2 Å². The van der Waals surface area contributed by atoms with E-state index in [1.54, 1.807) is 13.0 Å². The summed E-state index contributed by atoms with van der Waals surface area (Å²) in [5, 5.41) is 8.46. The van der Waals surface area contributed by atoms with Crippen LogP contribution in [-0.4, -0.2) is 32.6 Å². The van der Waals surface area contributed by atoms with Crippen LogP contribution in [-0.2, 0) is 14.8 Å². The Bertz CT molecular complexity index is 538. The Morgan fingerprint density at radius 2 is 2.11 bits per heavy atom. The Kier molecular flexibility index (Phi) is 4.69. The molecule has 6 nitrogen and oxygen atoms in total. The van der Waals surface area contributed by atoms with E-state index in [1.165, 1.54) is 12.1 Å². The van der Waals surface area contributed by atoms with E-state index in [-0.39, 0.29) is 4.90 Å². The molecule has 0 saturated carbocycles. The number of nitrogens with one attached hydrogen (secondary N) is 1. The van der Waals surface area contributed by atoms with Gasteiger partial charge in [-0.25, -0.2) is 8.42 Å². The molecule has 0 aliphatic heterocycles. The first-order chi connectivity index (χ1) is 8.36. The van der Waals surface area contributed by atoms with Gasteiger partial charge in [-0.05, 0) is 37.6 Å². The summed E-state index contributed by atoms with van der Waals surface area (Å²) in [6, 6.07) is 4.52. The lowest BCUT2D eigenvalue weighted by Gasteiger charge is -2.10. The molecule has 18 heavy (non-hydrogen) atoms. The summed E-state index contributed by atoms with van der Waals surface area (Å²) in [6.07, 6.45) is 0. The van der Waals surface area contributed by atoms with E-state index in [2.05, 4.69) is 0 Å². The lowest BCUT2D eigenvalue weighted by atomic mass is 10.2. The number of hydrogen-bond acceptors (Lipinski definition) is 4. The summed E-state index contributed by atoms with van der Waals surface area (Å²) in [4.78, 5) is 10.4. The number of sulfonamides is 1. The highest BCUT2D eigenvalue weighted by Gasteiger charge is 2.17. The van der Waals surface area contributed by atoms with E-state index in [4.69, 9.17) is 9.84 Å². The van der Waals surface area contributed by atoms with E-state index in [0.717, 1.165) is 0 Å². The number of aryl methyl sites for hydroxylation is 1. The minimum atomic E-state index is -3.80. The molecule has 0 aliphatic rings. The number of ether oxygens (including phenoxy) is 1. The second-order valence-corrected chi connectivity index (χ2v) is 5.31. The van der Waals surface area contributed by atoms with Gasteiger partial charge < -0.3 is 9.84 Å². The number of rotatable bonds is 6. The minimum absolute atomic E-state index is 0.0483. The number of benzene rings is 1. The van der Waals surface area contributed by atoms with Crippen LogP contribution in [0.1, 0.15) is 12.5 Å². The second kappa shape index (κ2) is 5.83. The smallest absolute Gasteiger partial charge is 0.318 e. The van der Waals surface area contributed by atoms with Gasteiger partial charge >= 0.3 is 5.97 Å². The third-order valence-electron chi connectivity index (χ3n) is 2.16. The van der Waals surface area contributed by atoms with Crippen molar-refractivity contribution in [3.63, 3.8) is 0 Å². The Hall–Kier alpha value is -1.60. The van der Waals surface area contributed by atoms with E-state index in [0.29, 0.717) is 17.9 Å². The Labute approximate surface area is 106 Å². The number of hydrogen-bond donors (Lipinski definition) is 2. The number of carboxylic acid groups (broad SMARTS) is 1. The van der Waals surface area contributed by atoms with Crippen molar-refractivity contribution in [2.75, 3.05) is 13.2 Å². The molecule has 0 saturated heterocycles. The van der Waals surface area contributed by atoms with Crippen LogP contribution in [0.2, 0.25) is 0 Å². The van der Waals surface area contributed by atoms with Gasteiger partial charge in [-0.2, -0.15) is 4.72 Å². The summed E-state index contributed by atoms with van der Waals surface area (Å²) in [6.45, 7) is 3.30. The van der Waals surface area contributed by atoms with Crippen LogP contribution in [0.15, 0.2) is 23.1 Å². The Morgan fingerprint density at radius 3 is 2.61 bits per heavy atom. The van der Waals surface area contributed by atoms with Gasteiger partial charge in [-0.3, -0.25) is 4.79 Å². The van der Waals surface area contributed by atoms with Crippen molar-refractivity contribution in [3.8, 4) is 5.75 Å². The molecule has 0 aromatic heterocycles. The first-order valence-corrected chi connectivity index (χ1v) is 6.80. The molecule has 0 fully saturated rings. The summed E-state index contributed by atoms with van der Waals surface area (Å²) in [5.41, 5.74) is 0.499. The third kappa shape index (κ3) is 3.71. The van der Waals surface area contributed by atoms with Crippen LogP contribution >= 0.6 is 0 Å². The summed E-state index contributed by atoms with van der Waals surface area (Å²) < 4.78 is 30.9. The molecule has 0 unspecified atom stereocenters. The van der Waals surface area contributed by atoms with Gasteiger partial charge in [0.15, 0.2) is 0 Å². The van der Waals surface area contributed by atoms with Crippen LogP contribution in [0.4, 0.5) is 0 Å². The molecule has 0 spiro atoms. The first-order valence-electron chi connectivity index (χ1n) is 5.31. The zero-order chi connectivity index (χ0) is 13.8. The largest absolute Gasteiger partial charge is 0.494 e. The highest BCUT2D eigenvalue weighted by atomic mass is 32.2. The molecule has 0 amide bonds. The first kappa shape index (κ1) is 14.5. The average Bonchev–Trinajstić information content (AvgIpc) is 2.27. The van der Waals surface area contributed by atoms with Crippen molar-refractivity contribution in [1.82, 2.24) is 4.72 Å². The van der Waals surface area contributed by atoms with Crippen molar-refractivity contribution >= 4 is 16.0 Å². The summed E-state index contributed by atoms with van der Waals surface area (Å²) in [7, 11) is -3.80. The number of aliphatic carboxylic acids is 1. The van der Waals surface area contributed by atoms with E-state index < -0.39 is 22.5 Å². The molecular formula is C11H15NO5S. The highest BCUT2D eigenvalue weighted by Crippen LogP contribution is 2.20. The van der Waals surface area contributed by atoms with E-state index >= 15 is 0 Å². The monoisotopic (exact) mass is 273 g/mol. The molecule has 0 heterocycles. The van der Waals surface area contributed by atoms with Gasteiger partial charge in [0.2, 0.25) is 10.0 Å². The van der Waals surface area contributed by atoms with Gasteiger partial charge in [0, 0.05) is 0 Å². The fourth-order valence-electron chi connectivity index (χ4n) is 1.41. The van der Waals surface area contributed by atoms with Gasteiger partial charge in [-0.1, -0.05) is 0 Å². The van der Waals surface area contributed by atoms with Crippen molar-refractivity contribution in [3.05, 3.63) is 23.8 Å². The fraction of sp³-hybridized carbons (Fsp3) is 0.364. The predicted molar refractivity (Wildman–Crippen MR) is 65.2 cm³/mol. The topological polar surface area (TPSA) is 92.7 Å². The molecule has 1 rings (SSSR count). The molecule has 2 N–H and O–H groups in total. The lowest BCUT2D eigenvalue weighted by Crippen LogP contribution is -2.29. The maximum absolute atomic E-state index is 11.8. The van der Waals surface area contributed by atoms with Gasteiger partial charge in [0.1, 0.15) is 12.3 Å². The third-order valence-corrected chi connectivity index (χ3v) is 3.72. The number of carbonyl (C=O) groups is 1. The van der Waals surface area contributed by atoms with Crippen LogP contribution in [0, 0.1) is 6.92 Å². The maximum atomic E-state index is 11.8. The van der Waals surface area contributed by atoms with Crippen molar-refractivity contribution in [2.45, 2.75) is 18.7 Å². The Balaban J connectivity index is 2.99. The second-order valence-electron chi connectivity index (χ2n) is 3.58. The standard InChI is InChI=1S/C11H15NO5S/c1-3-17-9-4-5-10(8(2)6-9)18(15,16)12-7-11(13)14/h4-6,12H,3,7H2,1-2H3,(H,13,14). The van der Waals surface area contributed by atoms with Gasteiger partial charge in [0.05, 0.1) is 11.5 Å². The van der Waals surface area contributed by atoms with Crippen molar-refractivity contribution in [1.29, 1.82) is 0 Å². The average molecular weight is 273 g/mol.